The molecule has 0 saturated carbocycles. The monoisotopic (exact) mass is 290 g/mol. The van der Waals surface area contributed by atoms with Gasteiger partial charge < -0.3 is 10.6 Å². The summed E-state index contributed by atoms with van der Waals surface area (Å²) < 4.78 is 0. The molecule has 1 rings (SSSR count). The molecule has 1 amide bonds. The van der Waals surface area contributed by atoms with Crippen molar-refractivity contribution in [2.75, 3.05) is 17.2 Å². The topological polar surface area (TPSA) is 41.1 Å². The third-order valence-corrected chi connectivity index (χ3v) is 3.77. The van der Waals surface area contributed by atoms with Crippen LogP contribution in [0.2, 0.25) is 0 Å². The predicted octanol–water partition coefficient (Wildman–Crippen LogP) is 5.12. The standard InChI is InChI=1S/C18H30N2O/c1-4-6-7-8-9-10-14-19-16-12-11-13-17(15(16)3)20-18(21)5-2/h11-13,19H,4-10,14H2,1-3H3,(H,20,21). The maximum atomic E-state index is 11.5. The van der Waals surface area contributed by atoms with Crippen molar-refractivity contribution in [3.05, 3.63) is 23.8 Å². The zero-order valence-electron chi connectivity index (χ0n) is 13.8. The number of carbonyl (C=O) groups is 1. The largest absolute Gasteiger partial charge is 0.385 e. The molecule has 0 aliphatic carbocycles. The SMILES string of the molecule is CCCCCCCCNc1cccc(NC(=O)CC)c1C. The maximum absolute atomic E-state index is 11.5. The molecule has 0 fully saturated rings. The number of nitrogens with one attached hydrogen (secondary N) is 2. The maximum Gasteiger partial charge on any atom is 0.224 e. The number of rotatable bonds is 10. The summed E-state index contributed by atoms with van der Waals surface area (Å²) in [7, 11) is 0. The molecule has 21 heavy (non-hydrogen) atoms. The summed E-state index contributed by atoms with van der Waals surface area (Å²) in [6, 6.07) is 6.02. The van der Waals surface area contributed by atoms with Crippen molar-refractivity contribution in [2.24, 2.45) is 0 Å². The minimum atomic E-state index is 0.0613. The van der Waals surface area contributed by atoms with E-state index in [0.717, 1.165) is 23.5 Å². The van der Waals surface area contributed by atoms with Gasteiger partial charge in [0.2, 0.25) is 5.91 Å². The van der Waals surface area contributed by atoms with Gasteiger partial charge in [0.25, 0.3) is 0 Å². The molecule has 1 aromatic carbocycles. The van der Waals surface area contributed by atoms with Gasteiger partial charge in [-0.1, -0.05) is 52.0 Å². The van der Waals surface area contributed by atoms with Crippen LogP contribution >= 0.6 is 0 Å². The average Bonchev–Trinajstić information content (AvgIpc) is 2.49. The highest BCUT2D eigenvalue weighted by atomic mass is 16.1. The lowest BCUT2D eigenvalue weighted by Crippen LogP contribution is -2.11. The van der Waals surface area contributed by atoms with E-state index in [1.807, 2.05) is 19.1 Å². The molecule has 1 aromatic rings. The second-order valence-electron chi connectivity index (χ2n) is 5.57. The van der Waals surface area contributed by atoms with Gasteiger partial charge in [-0.25, -0.2) is 0 Å². The van der Waals surface area contributed by atoms with Crippen molar-refractivity contribution >= 4 is 17.3 Å². The van der Waals surface area contributed by atoms with Gasteiger partial charge in [0.15, 0.2) is 0 Å². The Morgan fingerprint density at radius 2 is 1.67 bits per heavy atom. The first-order valence-electron chi connectivity index (χ1n) is 8.32. The first kappa shape index (κ1) is 17.5. The minimum absolute atomic E-state index is 0.0613. The van der Waals surface area contributed by atoms with Gasteiger partial charge in [-0.3, -0.25) is 4.79 Å². The van der Waals surface area contributed by atoms with Crippen LogP contribution in [0.1, 0.15) is 64.4 Å². The summed E-state index contributed by atoms with van der Waals surface area (Å²) in [5, 5.41) is 6.43. The Bertz CT molecular complexity index is 429. The summed E-state index contributed by atoms with van der Waals surface area (Å²) in [4.78, 5) is 11.5. The molecule has 2 N–H and O–H groups in total. The van der Waals surface area contributed by atoms with Gasteiger partial charge in [-0.05, 0) is 31.0 Å². The van der Waals surface area contributed by atoms with E-state index in [1.54, 1.807) is 0 Å². The predicted molar refractivity (Wildman–Crippen MR) is 92.0 cm³/mol. The lowest BCUT2D eigenvalue weighted by molar-refractivity contribution is -0.115. The van der Waals surface area contributed by atoms with Gasteiger partial charge in [-0.15, -0.1) is 0 Å². The molecule has 118 valence electrons. The number of hydrogen-bond donors (Lipinski definition) is 2. The summed E-state index contributed by atoms with van der Waals surface area (Å²) in [5.74, 6) is 0.0613. The molecule has 0 heterocycles. The van der Waals surface area contributed by atoms with Crippen molar-refractivity contribution in [2.45, 2.75) is 65.7 Å². The van der Waals surface area contributed by atoms with Gasteiger partial charge in [0.05, 0.1) is 0 Å². The quantitative estimate of drug-likeness (QED) is 0.587. The summed E-state index contributed by atoms with van der Waals surface area (Å²) >= 11 is 0. The van der Waals surface area contributed by atoms with Crippen LogP contribution in [0.15, 0.2) is 18.2 Å². The molecule has 0 bridgehead atoms. The molecule has 3 nitrogen and oxygen atoms in total. The van der Waals surface area contributed by atoms with Crippen molar-refractivity contribution in [1.82, 2.24) is 0 Å². The van der Waals surface area contributed by atoms with Crippen molar-refractivity contribution in [3.63, 3.8) is 0 Å². The second-order valence-corrected chi connectivity index (χ2v) is 5.57. The van der Waals surface area contributed by atoms with Crippen molar-refractivity contribution in [1.29, 1.82) is 0 Å². The van der Waals surface area contributed by atoms with Gasteiger partial charge >= 0.3 is 0 Å². The molecular formula is C18H30N2O. The molecule has 0 unspecified atom stereocenters. The van der Waals surface area contributed by atoms with E-state index in [1.165, 1.54) is 38.5 Å². The molecule has 0 atom stereocenters. The zero-order valence-corrected chi connectivity index (χ0v) is 13.8. The number of benzene rings is 1. The van der Waals surface area contributed by atoms with Gasteiger partial charge in [0.1, 0.15) is 0 Å². The first-order chi connectivity index (χ1) is 10.2. The number of anilines is 2. The van der Waals surface area contributed by atoms with Crippen LogP contribution < -0.4 is 10.6 Å². The van der Waals surface area contributed by atoms with E-state index in [9.17, 15) is 4.79 Å². The summed E-state index contributed by atoms with van der Waals surface area (Å²) in [6.45, 7) is 7.16. The highest BCUT2D eigenvalue weighted by molar-refractivity contribution is 5.92. The smallest absolute Gasteiger partial charge is 0.224 e. The first-order valence-corrected chi connectivity index (χ1v) is 8.32. The van der Waals surface area contributed by atoms with E-state index in [0.29, 0.717) is 6.42 Å². The number of unbranched alkanes of at least 4 members (excludes halogenated alkanes) is 5. The van der Waals surface area contributed by atoms with Crippen LogP contribution in [0, 0.1) is 6.92 Å². The molecule has 0 aliphatic heterocycles. The number of carbonyl (C=O) groups excluding carboxylic acids is 1. The molecule has 0 aromatic heterocycles. The van der Waals surface area contributed by atoms with E-state index in [2.05, 4.69) is 30.5 Å². The normalized spacial score (nSPS) is 10.4. The third kappa shape index (κ3) is 6.65. The fourth-order valence-electron chi connectivity index (χ4n) is 2.33. The van der Waals surface area contributed by atoms with Crippen LogP contribution in [0.5, 0.6) is 0 Å². The van der Waals surface area contributed by atoms with Gasteiger partial charge in [0, 0.05) is 24.3 Å². The van der Waals surface area contributed by atoms with E-state index in [4.69, 9.17) is 0 Å². The molecular weight excluding hydrogens is 260 g/mol. The lowest BCUT2D eigenvalue weighted by Gasteiger charge is -2.14. The minimum Gasteiger partial charge on any atom is -0.385 e. The second kappa shape index (κ2) is 10.3. The Labute approximate surface area is 129 Å². The highest BCUT2D eigenvalue weighted by Gasteiger charge is 2.05. The highest BCUT2D eigenvalue weighted by Crippen LogP contribution is 2.23. The van der Waals surface area contributed by atoms with Crippen molar-refractivity contribution in [3.8, 4) is 0 Å². The Morgan fingerprint density at radius 3 is 2.38 bits per heavy atom. The Hall–Kier alpha value is -1.51. The van der Waals surface area contributed by atoms with Crippen LogP contribution in [-0.2, 0) is 4.79 Å². The summed E-state index contributed by atoms with van der Waals surface area (Å²) in [6.07, 6.45) is 8.34. The third-order valence-electron chi connectivity index (χ3n) is 3.77. The lowest BCUT2D eigenvalue weighted by atomic mass is 10.1. The Kier molecular flexibility index (Phi) is 8.56. The van der Waals surface area contributed by atoms with Crippen LogP contribution in [0.4, 0.5) is 11.4 Å². The Morgan fingerprint density at radius 1 is 1.00 bits per heavy atom. The fraction of sp³-hybridized carbons (Fsp3) is 0.611. The van der Waals surface area contributed by atoms with E-state index < -0.39 is 0 Å². The molecule has 0 radical (unpaired) electrons. The number of amides is 1. The average molecular weight is 290 g/mol. The summed E-state index contributed by atoms with van der Waals surface area (Å²) in [5.41, 5.74) is 3.15. The molecule has 0 saturated heterocycles. The van der Waals surface area contributed by atoms with Crippen molar-refractivity contribution < 1.29 is 4.79 Å². The Balaban J connectivity index is 2.38. The zero-order chi connectivity index (χ0) is 15.5. The van der Waals surface area contributed by atoms with E-state index >= 15 is 0 Å². The fourth-order valence-corrected chi connectivity index (χ4v) is 2.33. The van der Waals surface area contributed by atoms with Crippen LogP contribution in [-0.4, -0.2) is 12.5 Å². The van der Waals surface area contributed by atoms with Crippen LogP contribution in [0.25, 0.3) is 0 Å². The van der Waals surface area contributed by atoms with E-state index in [-0.39, 0.29) is 5.91 Å². The molecule has 0 spiro atoms. The molecule has 3 heteroatoms. The van der Waals surface area contributed by atoms with Crippen LogP contribution in [0.3, 0.4) is 0 Å². The molecule has 0 aliphatic rings. The number of hydrogen-bond acceptors (Lipinski definition) is 2. The van der Waals surface area contributed by atoms with Gasteiger partial charge in [-0.2, -0.15) is 0 Å².